The molecule has 1 aromatic carbocycles. The lowest BCUT2D eigenvalue weighted by Crippen LogP contribution is -2.34. The summed E-state index contributed by atoms with van der Waals surface area (Å²) in [7, 11) is -4.20. The van der Waals surface area contributed by atoms with Crippen LogP contribution in [0.2, 0.25) is 0 Å². The molecule has 3 rings (SSSR count). The van der Waals surface area contributed by atoms with Gasteiger partial charge in [0, 0.05) is 18.8 Å². The van der Waals surface area contributed by atoms with Gasteiger partial charge in [0.05, 0.1) is 11.5 Å². The molecule has 1 fully saturated rings. The first kappa shape index (κ1) is 16.5. The Morgan fingerprint density at radius 3 is 2.52 bits per heavy atom. The minimum Gasteiger partial charge on any atom is -0.468 e. The molecule has 0 amide bonds. The number of benzene rings is 1. The molecule has 1 aliphatic rings. The molecule has 1 saturated heterocycles. The van der Waals surface area contributed by atoms with Crippen LogP contribution in [-0.2, 0) is 10.0 Å². The lowest BCUT2D eigenvalue weighted by Gasteiger charge is -2.20. The van der Waals surface area contributed by atoms with Crippen molar-refractivity contribution >= 4 is 21.8 Å². The van der Waals surface area contributed by atoms with Crippen molar-refractivity contribution < 1.29 is 21.6 Å². The molecule has 4 nitrogen and oxygen atoms in total. The highest BCUT2D eigenvalue weighted by molar-refractivity contribution is 7.99. The largest absolute Gasteiger partial charge is 0.468 e. The van der Waals surface area contributed by atoms with Crippen LogP contribution in [0.5, 0.6) is 0 Å². The summed E-state index contributed by atoms with van der Waals surface area (Å²) in [5, 5.41) is 0.0377. The smallest absolute Gasteiger partial charge is 0.248 e. The van der Waals surface area contributed by atoms with Crippen LogP contribution >= 0.6 is 11.8 Å². The average molecular weight is 359 g/mol. The highest BCUT2D eigenvalue weighted by Gasteiger charge is 2.33. The van der Waals surface area contributed by atoms with Crippen LogP contribution in [0.1, 0.15) is 17.4 Å². The van der Waals surface area contributed by atoms with E-state index < -0.39 is 26.6 Å². The highest BCUT2D eigenvalue weighted by Crippen LogP contribution is 2.36. The Morgan fingerprint density at radius 2 is 1.87 bits per heavy atom. The summed E-state index contributed by atoms with van der Waals surface area (Å²) >= 11 is 1.58. The fourth-order valence-corrected chi connectivity index (χ4v) is 5.41. The number of hydrogen-bond donors (Lipinski definition) is 0. The van der Waals surface area contributed by atoms with Gasteiger partial charge in [-0.15, -0.1) is 11.8 Å². The SMILES string of the molecule is O=S(=O)(c1c(F)cccc1F)N1CCSC(c2ccco2)CC1. The summed E-state index contributed by atoms with van der Waals surface area (Å²) in [4.78, 5) is -0.874. The van der Waals surface area contributed by atoms with Crippen molar-refractivity contribution in [2.45, 2.75) is 16.6 Å². The van der Waals surface area contributed by atoms with Gasteiger partial charge in [-0.25, -0.2) is 17.2 Å². The Bertz CT molecular complexity index is 758. The molecule has 1 unspecified atom stereocenters. The molecule has 2 aromatic rings. The lowest BCUT2D eigenvalue weighted by atomic mass is 10.2. The van der Waals surface area contributed by atoms with Crippen molar-refractivity contribution in [3.63, 3.8) is 0 Å². The molecule has 0 aliphatic carbocycles. The van der Waals surface area contributed by atoms with Crippen LogP contribution in [0.4, 0.5) is 8.78 Å². The molecule has 0 bridgehead atoms. The Kier molecular flexibility index (Phi) is 4.74. The van der Waals surface area contributed by atoms with E-state index in [-0.39, 0.29) is 18.3 Å². The van der Waals surface area contributed by atoms with Crippen LogP contribution in [0, 0.1) is 11.6 Å². The molecule has 0 spiro atoms. The Balaban J connectivity index is 1.84. The quantitative estimate of drug-likeness (QED) is 0.843. The number of rotatable bonds is 3. The molecule has 124 valence electrons. The predicted octanol–water partition coefficient (Wildman–Crippen LogP) is 3.43. The van der Waals surface area contributed by atoms with E-state index in [4.69, 9.17) is 4.42 Å². The maximum absolute atomic E-state index is 13.8. The van der Waals surface area contributed by atoms with Gasteiger partial charge in [-0.2, -0.15) is 4.31 Å². The molecular weight excluding hydrogens is 344 g/mol. The molecule has 2 heterocycles. The molecular formula is C15H15F2NO3S2. The van der Waals surface area contributed by atoms with Crippen molar-refractivity contribution in [2.24, 2.45) is 0 Å². The number of thioether (sulfide) groups is 1. The number of furan rings is 1. The third-order valence-corrected chi connectivity index (χ3v) is 6.92. The van der Waals surface area contributed by atoms with Gasteiger partial charge in [0.25, 0.3) is 0 Å². The maximum Gasteiger partial charge on any atom is 0.248 e. The summed E-state index contributed by atoms with van der Waals surface area (Å²) < 4.78 is 59.4. The fourth-order valence-electron chi connectivity index (χ4n) is 2.55. The van der Waals surface area contributed by atoms with E-state index in [0.717, 1.165) is 28.3 Å². The molecule has 1 aliphatic heterocycles. The zero-order valence-electron chi connectivity index (χ0n) is 12.1. The Hall–Kier alpha value is -1.38. The monoisotopic (exact) mass is 359 g/mol. The zero-order chi connectivity index (χ0) is 16.4. The summed E-state index contributed by atoms with van der Waals surface area (Å²) in [6.07, 6.45) is 2.09. The number of nitrogens with zero attached hydrogens (tertiary/aromatic N) is 1. The highest BCUT2D eigenvalue weighted by atomic mass is 32.2. The first-order valence-corrected chi connectivity index (χ1v) is 9.58. The van der Waals surface area contributed by atoms with Gasteiger partial charge in [0.1, 0.15) is 17.4 Å². The maximum atomic E-state index is 13.8. The first-order chi connectivity index (χ1) is 11.0. The first-order valence-electron chi connectivity index (χ1n) is 7.09. The minimum absolute atomic E-state index is 0.0377. The zero-order valence-corrected chi connectivity index (χ0v) is 13.7. The van der Waals surface area contributed by atoms with Gasteiger partial charge in [-0.05, 0) is 30.7 Å². The van der Waals surface area contributed by atoms with E-state index in [2.05, 4.69) is 0 Å². The molecule has 1 aromatic heterocycles. The van der Waals surface area contributed by atoms with E-state index in [1.807, 2.05) is 6.07 Å². The average Bonchev–Trinajstić information content (AvgIpc) is 2.91. The van der Waals surface area contributed by atoms with Crippen LogP contribution in [0.3, 0.4) is 0 Å². The van der Waals surface area contributed by atoms with E-state index in [0.29, 0.717) is 12.2 Å². The van der Waals surface area contributed by atoms with Crippen molar-refractivity contribution in [2.75, 3.05) is 18.8 Å². The van der Waals surface area contributed by atoms with Crippen LogP contribution in [-0.4, -0.2) is 31.6 Å². The Labute approximate surface area is 137 Å². The second-order valence-electron chi connectivity index (χ2n) is 5.12. The second-order valence-corrected chi connectivity index (χ2v) is 8.30. The molecule has 0 N–H and O–H groups in total. The predicted molar refractivity (Wildman–Crippen MR) is 83.6 cm³/mol. The van der Waals surface area contributed by atoms with E-state index >= 15 is 0 Å². The summed E-state index contributed by atoms with van der Waals surface area (Å²) in [5.41, 5.74) is 0. The van der Waals surface area contributed by atoms with Crippen LogP contribution in [0.25, 0.3) is 0 Å². The van der Waals surface area contributed by atoms with Crippen LogP contribution in [0.15, 0.2) is 45.9 Å². The van der Waals surface area contributed by atoms with Gasteiger partial charge in [0.2, 0.25) is 10.0 Å². The molecule has 0 radical (unpaired) electrons. The fraction of sp³-hybridized carbons (Fsp3) is 0.333. The summed E-state index contributed by atoms with van der Waals surface area (Å²) in [6, 6.07) is 6.68. The van der Waals surface area contributed by atoms with Crippen molar-refractivity contribution in [3.8, 4) is 0 Å². The van der Waals surface area contributed by atoms with Gasteiger partial charge >= 0.3 is 0 Å². The minimum atomic E-state index is -4.20. The normalized spacial score (nSPS) is 20.3. The third kappa shape index (κ3) is 3.29. The van der Waals surface area contributed by atoms with Crippen molar-refractivity contribution in [3.05, 3.63) is 54.0 Å². The summed E-state index contributed by atoms with van der Waals surface area (Å²) in [6.45, 7) is 0.395. The second kappa shape index (κ2) is 6.62. The topological polar surface area (TPSA) is 50.5 Å². The third-order valence-electron chi connectivity index (χ3n) is 3.68. The van der Waals surface area contributed by atoms with E-state index in [9.17, 15) is 17.2 Å². The molecule has 8 heteroatoms. The van der Waals surface area contributed by atoms with Gasteiger partial charge < -0.3 is 4.42 Å². The van der Waals surface area contributed by atoms with Gasteiger partial charge in [-0.1, -0.05) is 6.07 Å². The van der Waals surface area contributed by atoms with Crippen molar-refractivity contribution in [1.29, 1.82) is 0 Å². The molecule has 1 atom stereocenters. The van der Waals surface area contributed by atoms with E-state index in [1.165, 1.54) is 0 Å². The molecule has 0 saturated carbocycles. The number of halogens is 2. The van der Waals surface area contributed by atoms with Gasteiger partial charge in [-0.3, -0.25) is 0 Å². The number of sulfonamides is 1. The van der Waals surface area contributed by atoms with E-state index in [1.54, 1.807) is 24.1 Å². The Morgan fingerprint density at radius 1 is 1.13 bits per heavy atom. The molecule has 23 heavy (non-hydrogen) atoms. The lowest BCUT2D eigenvalue weighted by molar-refractivity contribution is 0.408. The summed E-state index contributed by atoms with van der Waals surface area (Å²) in [5.74, 6) is -0.819. The van der Waals surface area contributed by atoms with Crippen molar-refractivity contribution in [1.82, 2.24) is 4.31 Å². The number of hydrogen-bond acceptors (Lipinski definition) is 4. The standard InChI is InChI=1S/C15H15F2NO3S2/c16-11-3-1-4-12(17)15(11)23(19,20)18-7-6-14(22-10-8-18)13-5-2-9-21-13/h1-5,9,14H,6-8,10H2. The van der Waals surface area contributed by atoms with Crippen LogP contribution < -0.4 is 0 Å². The van der Waals surface area contributed by atoms with Gasteiger partial charge in [0.15, 0.2) is 4.90 Å².